The summed E-state index contributed by atoms with van der Waals surface area (Å²) in [6.07, 6.45) is -30.9. The summed E-state index contributed by atoms with van der Waals surface area (Å²) >= 11 is 0. The van der Waals surface area contributed by atoms with E-state index < -0.39 is 204 Å². The number of methoxy groups -OCH3 is 1. The number of allylic oxidation sites excluding steroid dienone is 1. The average Bonchev–Trinajstić information content (AvgIpc) is 1.53. The molecule has 472 valence electrons. The number of fused-ring (bicyclic) bond motifs is 4. The summed E-state index contributed by atoms with van der Waals surface area (Å²) in [4.78, 5) is 14.5. The van der Waals surface area contributed by atoms with E-state index in [9.17, 15) is 79.0 Å². The number of esters is 1. The second-order valence-corrected chi connectivity index (χ2v) is 27.1. The van der Waals surface area contributed by atoms with E-state index in [1.807, 2.05) is 34.6 Å². The first-order valence-electron chi connectivity index (χ1n) is 28.6. The molecule has 29 atom stereocenters. The molecule has 1 spiro atoms. The molecule has 4 aliphatic carbocycles. The van der Waals surface area contributed by atoms with Gasteiger partial charge in [-0.3, -0.25) is 8.98 Å². The third-order valence-electron chi connectivity index (χ3n) is 20.9. The summed E-state index contributed by atoms with van der Waals surface area (Å²) in [6, 6.07) is 0. The molecule has 29 heteroatoms. The number of aliphatic hydroxyl groups excluding tert-OH is 11. The van der Waals surface area contributed by atoms with Gasteiger partial charge in [0.2, 0.25) is 10.4 Å². The molecule has 4 unspecified atom stereocenters. The number of aliphatic hydroxyl groups is 12. The van der Waals surface area contributed by atoms with Gasteiger partial charge in [-0.25, -0.2) is 8.42 Å². The van der Waals surface area contributed by atoms with E-state index >= 15 is 0 Å². The maximum atomic E-state index is 14.5. The molecular formula is C54H87NaO27S. The molecule has 0 radical (unpaired) electrons. The summed E-state index contributed by atoms with van der Waals surface area (Å²) in [5.74, 6) is -0.924. The molecule has 5 saturated heterocycles. The molecule has 9 rings (SSSR count). The molecule has 5 heterocycles. The first-order valence-corrected chi connectivity index (χ1v) is 29.9. The summed E-state index contributed by atoms with van der Waals surface area (Å²) in [5.41, 5.74) is -6.70. The van der Waals surface area contributed by atoms with Crippen LogP contribution in [0.3, 0.4) is 0 Å². The first-order chi connectivity index (χ1) is 38.2. The average molecular weight is 1220 g/mol. The smallest absolute Gasteiger partial charge is 0.726 e. The van der Waals surface area contributed by atoms with Crippen molar-refractivity contribution in [2.45, 2.75) is 253 Å². The Labute approximate surface area is 505 Å². The van der Waals surface area contributed by atoms with Crippen molar-refractivity contribution < 1.29 is 160 Å². The van der Waals surface area contributed by atoms with Crippen LogP contribution in [-0.2, 0) is 66.7 Å². The largest absolute Gasteiger partial charge is 1.00 e. The molecule has 83 heavy (non-hydrogen) atoms. The molecule has 9 aliphatic rings. The van der Waals surface area contributed by atoms with Crippen molar-refractivity contribution in [1.82, 2.24) is 0 Å². The van der Waals surface area contributed by atoms with Gasteiger partial charge in [0.1, 0.15) is 96.5 Å². The molecule has 0 aromatic heterocycles. The van der Waals surface area contributed by atoms with Crippen LogP contribution in [0.25, 0.3) is 0 Å². The number of rotatable bonds is 17. The van der Waals surface area contributed by atoms with Crippen molar-refractivity contribution in [2.75, 3.05) is 26.9 Å². The zero-order valence-electron chi connectivity index (χ0n) is 48.7. The number of cyclic esters (lactones) is 1. The summed E-state index contributed by atoms with van der Waals surface area (Å²) < 4.78 is 99.5. The van der Waals surface area contributed by atoms with Crippen LogP contribution >= 0.6 is 0 Å². The summed E-state index contributed by atoms with van der Waals surface area (Å²) in [7, 11) is -4.28. The molecule has 0 amide bonds. The minimum absolute atomic E-state index is 0. The standard InChI is InChI=1S/C54H88O27S.Na/c1-22(2)10-13-30(57)52(8)53(67)17-16-51(7)24-11-12-29-49(4,5)32(14-15-50(29,6)25(24)18-31(58)54(51,53)48(66)80-52)76-47-43(35(61)28(21-72-47)81-82(68,69)70)79-44-37(63)36(62)40(23(3)73-44)77-46-39(65)42(34(60)27(20-56)75-46)78-45-38(64)41(71-9)33(59)26(19-55)74-45;/h18,22-24,26-47,55-65,67H,10-17,19-21H2,1-9H3,(H,68,69,70);/q;+1/p-1/t23-,24?,26-,27-,28-,29?,30?,31+,32+,33-,34-,35+,36-,37-,38-,39-,40-,41+,42+,43-,44+,45+,46+,47+,50-,51+,52+,53+,54?;/m1./s1. The van der Waals surface area contributed by atoms with E-state index in [0.29, 0.717) is 38.5 Å². The Bertz CT molecular complexity index is 2430. The van der Waals surface area contributed by atoms with E-state index in [2.05, 4.69) is 11.1 Å². The fourth-order valence-electron chi connectivity index (χ4n) is 16.4. The molecule has 12 N–H and O–H groups in total. The van der Waals surface area contributed by atoms with Crippen LogP contribution in [0.5, 0.6) is 0 Å². The van der Waals surface area contributed by atoms with Gasteiger partial charge in [-0.1, -0.05) is 53.2 Å². The quantitative estimate of drug-likeness (QED) is 0.0161. The van der Waals surface area contributed by atoms with E-state index in [1.165, 1.54) is 14.0 Å². The van der Waals surface area contributed by atoms with Crippen LogP contribution in [0.15, 0.2) is 11.6 Å². The number of hydrogen-bond donors (Lipinski definition) is 12. The number of hydrogen-bond acceptors (Lipinski definition) is 27. The minimum atomic E-state index is -5.45. The summed E-state index contributed by atoms with van der Waals surface area (Å²) in [6.45, 7) is 12.7. The predicted octanol–water partition coefficient (Wildman–Crippen LogP) is -5.76. The van der Waals surface area contributed by atoms with E-state index in [-0.39, 0.29) is 60.2 Å². The third-order valence-corrected chi connectivity index (χ3v) is 21.4. The SMILES string of the molecule is CO[C@@H]1[C@@H](O)[C@H](O[C@@H]2[C@@H](O)[C@H](O[C@H]3[C@H](O)[C@@H](O)[C@H](O[C@H]4[C@H](O[C@H]5CC[C@]6(C)C7=C[C@H](O)C89C(=O)O[C@@](C)(C(O)CCC(C)C)[C@@]8(O)CC[C@@]9(C)C7CCC6C5(C)C)OC[C@@H](OS(=O)(=O)[O-])[C@@H]4O)O[C@@H]3C)O[C@H](CO)[C@H]2O)O[C@H](CO)[C@H]1O.[Na+]. The number of carbonyl (C=O) groups excluding carboxylic acids is 1. The van der Waals surface area contributed by atoms with Gasteiger partial charge in [0, 0.05) is 7.11 Å². The molecule has 5 aliphatic heterocycles. The Balaban J connectivity index is 0.00000900. The minimum Gasteiger partial charge on any atom is -0.726 e. The van der Waals surface area contributed by atoms with Gasteiger partial charge in [0.25, 0.3) is 0 Å². The normalized spacial score (nSPS) is 51.0. The number of ether oxygens (including phenoxy) is 10. The maximum Gasteiger partial charge on any atom is 1.00 e. The van der Waals surface area contributed by atoms with Crippen LogP contribution in [-0.4, -0.2) is 253 Å². The van der Waals surface area contributed by atoms with Gasteiger partial charge in [0.15, 0.2) is 30.8 Å². The van der Waals surface area contributed by atoms with Crippen LogP contribution in [0.1, 0.15) is 107 Å². The fraction of sp³-hybridized carbons (Fsp3) is 0.944. The number of carbonyl (C=O) groups is 1. The molecule has 0 bridgehead atoms. The Hall–Kier alpha value is -0.760. The van der Waals surface area contributed by atoms with Crippen molar-refractivity contribution >= 4 is 16.4 Å². The molecule has 3 saturated carbocycles. The molecule has 27 nitrogen and oxygen atoms in total. The van der Waals surface area contributed by atoms with E-state index in [4.69, 9.17) is 47.4 Å². The topological polar surface area (TPSA) is 419 Å². The molecule has 8 fully saturated rings. The fourth-order valence-corrected chi connectivity index (χ4v) is 16.8. The maximum absolute atomic E-state index is 14.5. The van der Waals surface area contributed by atoms with Crippen LogP contribution in [0.4, 0.5) is 0 Å². The van der Waals surface area contributed by atoms with Crippen molar-refractivity contribution in [3.8, 4) is 0 Å². The second-order valence-electron chi connectivity index (χ2n) is 26.1. The Kier molecular flexibility index (Phi) is 20.4. The molecular weight excluding hydrogens is 1140 g/mol. The third kappa shape index (κ3) is 11.1. The predicted molar refractivity (Wildman–Crippen MR) is 273 cm³/mol. The van der Waals surface area contributed by atoms with Crippen molar-refractivity contribution in [3.63, 3.8) is 0 Å². The zero-order chi connectivity index (χ0) is 60.4. The van der Waals surface area contributed by atoms with Gasteiger partial charge in [-0.05, 0) is 99.2 Å². The summed E-state index contributed by atoms with van der Waals surface area (Å²) in [5, 5.41) is 136. The van der Waals surface area contributed by atoms with E-state index in [0.717, 1.165) is 5.57 Å². The van der Waals surface area contributed by atoms with Gasteiger partial charge >= 0.3 is 35.5 Å². The second kappa shape index (κ2) is 24.8. The molecule has 0 aromatic rings. The van der Waals surface area contributed by atoms with Crippen molar-refractivity contribution in [2.24, 2.45) is 39.4 Å². The Morgan fingerprint density at radius 2 is 1.29 bits per heavy atom. The Morgan fingerprint density at radius 1 is 0.711 bits per heavy atom. The van der Waals surface area contributed by atoms with Gasteiger partial charge in [0.05, 0.1) is 44.2 Å². The van der Waals surface area contributed by atoms with Crippen LogP contribution in [0, 0.1) is 39.4 Å². The van der Waals surface area contributed by atoms with Crippen LogP contribution < -0.4 is 29.6 Å². The van der Waals surface area contributed by atoms with E-state index in [1.54, 1.807) is 13.0 Å². The first kappa shape index (κ1) is 68.2. The van der Waals surface area contributed by atoms with Crippen LogP contribution in [0.2, 0.25) is 0 Å². The molecule has 0 aromatic carbocycles. The zero-order valence-corrected chi connectivity index (χ0v) is 51.5. The van der Waals surface area contributed by atoms with Crippen molar-refractivity contribution in [1.29, 1.82) is 0 Å². The van der Waals surface area contributed by atoms with Gasteiger partial charge < -0.3 is 113 Å². The monoisotopic (exact) mass is 1220 g/mol. The van der Waals surface area contributed by atoms with Gasteiger partial charge in [-0.15, -0.1) is 0 Å². The van der Waals surface area contributed by atoms with Crippen molar-refractivity contribution in [3.05, 3.63) is 11.6 Å². The Morgan fingerprint density at radius 3 is 1.88 bits per heavy atom. The van der Waals surface area contributed by atoms with Gasteiger partial charge in [-0.2, -0.15) is 0 Å².